The van der Waals surface area contributed by atoms with Crippen molar-refractivity contribution in [1.82, 2.24) is 4.98 Å². The lowest BCUT2D eigenvalue weighted by molar-refractivity contribution is 0.102. The summed E-state index contributed by atoms with van der Waals surface area (Å²) in [4.78, 5) is 15.9. The van der Waals surface area contributed by atoms with Crippen LogP contribution in [-0.4, -0.2) is 18.0 Å². The molecule has 0 saturated heterocycles. The first-order valence-corrected chi connectivity index (χ1v) is 5.68. The summed E-state index contributed by atoms with van der Waals surface area (Å²) in [6.45, 7) is 1.61. The number of halogens is 1. The van der Waals surface area contributed by atoms with Gasteiger partial charge in [-0.1, -0.05) is 12.1 Å². The smallest absolute Gasteiger partial charge is 0.258 e. The Balaban J connectivity index is 2.18. The summed E-state index contributed by atoms with van der Waals surface area (Å²) in [6.07, 6.45) is 1.45. The number of ether oxygens (including phenoxy) is 1. The molecule has 1 heterocycles. The predicted molar refractivity (Wildman–Crippen MR) is 69.9 cm³/mol. The molecule has 0 saturated carbocycles. The van der Waals surface area contributed by atoms with E-state index in [-0.39, 0.29) is 5.56 Å². The Labute approximate surface area is 110 Å². The van der Waals surface area contributed by atoms with Gasteiger partial charge in [-0.3, -0.25) is 4.79 Å². The van der Waals surface area contributed by atoms with Crippen molar-refractivity contribution in [2.45, 2.75) is 6.92 Å². The quantitative estimate of drug-likeness (QED) is 0.923. The first kappa shape index (κ1) is 13.0. The van der Waals surface area contributed by atoms with Gasteiger partial charge in [0.1, 0.15) is 5.82 Å². The molecule has 0 atom stereocenters. The number of pyridine rings is 1. The van der Waals surface area contributed by atoms with Crippen molar-refractivity contribution in [2.75, 3.05) is 12.4 Å². The van der Waals surface area contributed by atoms with Crippen LogP contribution in [-0.2, 0) is 0 Å². The number of methoxy groups -OCH3 is 1. The topological polar surface area (TPSA) is 51.2 Å². The highest BCUT2D eigenvalue weighted by Crippen LogP contribution is 2.15. The summed E-state index contributed by atoms with van der Waals surface area (Å²) in [5.41, 5.74) is 0.919. The molecule has 0 aliphatic heterocycles. The Kier molecular flexibility index (Phi) is 3.75. The average Bonchev–Trinajstić information content (AvgIpc) is 2.42. The maximum absolute atomic E-state index is 13.8. The molecule has 0 aliphatic rings. The highest BCUT2D eigenvalue weighted by Gasteiger charge is 2.13. The molecule has 1 aromatic carbocycles. The number of aromatic nitrogens is 1. The Hall–Kier alpha value is -2.43. The maximum Gasteiger partial charge on any atom is 0.258 e. The standard InChI is InChI=1S/C14H13FN2O2/c1-9-4-3-5-11(13(9)15)14(18)17-10-6-7-12(19-2)16-8-10/h3-8H,1-2H3,(H,17,18). The van der Waals surface area contributed by atoms with Gasteiger partial charge in [0.15, 0.2) is 0 Å². The molecule has 2 rings (SSSR count). The molecule has 5 heteroatoms. The molecule has 19 heavy (non-hydrogen) atoms. The van der Waals surface area contributed by atoms with E-state index < -0.39 is 11.7 Å². The van der Waals surface area contributed by atoms with E-state index >= 15 is 0 Å². The predicted octanol–water partition coefficient (Wildman–Crippen LogP) is 2.79. The Morgan fingerprint density at radius 1 is 1.32 bits per heavy atom. The zero-order chi connectivity index (χ0) is 13.8. The van der Waals surface area contributed by atoms with E-state index in [0.717, 1.165) is 0 Å². The van der Waals surface area contributed by atoms with Gasteiger partial charge < -0.3 is 10.1 Å². The van der Waals surface area contributed by atoms with Crippen molar-refractivity contribution in [3.05, 3.63) is 53.5 Å². The van der Waals surface area contributed by atoms with Gasteiger partial charge in [0.05, 0.1) is 24.6 Å². The zero-order valence-electron chi connectivity index (χ0n) is 10.6. The number of aryl methyl sites for hydroxylation is 1. The van der Waals surface area contributed by atoms with Crippen molar-refractivity contribution in [1.29, 1.82) is 0 Å². The van der Waals surface area contributed by atoms with E-state index in [1.807, 2.05) is 0 Å². The summed E-state index contributed by atoms with van der Waals surface area (Å²) >= 11 is 0. The Bertz CT molecular complexity index is 597. The molecule has 0 bridgehead atoms. The summed E-state index contributed by atoms with van der Waals surface area (Å²) in [6, 6.07) is 7.94. The van der Waals surface area contributed by atoms with Crippen LogP contribution >= 0.6 is 0 Å². The maximum atomic E-state index is 13.8. The lowest BCUT2D eigenvalue weighted by atomic mass is 10.1. The van der Waals surface area contributed by atoms with E-state index in [0.29, 0.717) is 17.1 Å². The lowest BCUT2D eigenvalue weighted by Gasteiger charge is -2.07. The van der Waals surface area contributed by atoms with Crippen LogP contribution < -0.4 is 10.1 Å². The van der Waals surface area contributed by atoms with Crippen LogP contribution in [0.15, 0.2) is 36.5 Å². The number of carbonyl (C=O) groups is 1. The van der Waals surface area contributed by atoms with Gasteiger partial charge in [0.2, 0.25) is 5.88 Å². The van der Waals surface area contributed by atoms with E-state index in [4.69, 9.17) is 4.74 Å². The van der Waals surface area contributed by atoms with Crippen LogP contribution in [0.25, 0.3) is 0 Å². The first-order chi connectivity index (χ1) is 9.11. The molecule has 1 amide bonds. The largest absolute Gasteiger partial charge is 0.481 e. The van der Waals surface area contributed by atoms with Crippen molar-refractivity contribution < 1.29 is 13.9 Å². The van der Waals surface area contributed by atoms with E-state index in [1.54, 1.807) is 31.2 Å². The van der Waals surface area contributed by atoms with Crippen LogP contribution in [0.2, 0.25) is 0 Å². The monoisotopic (exact) mass is 260 g/mol. The fraction of sp³-hybridized carbons (Fsp3) is 0.143. The molecule has 1 N–H and O–H groups in total. The normalized spacial score (nSPS) is 10.1. The van der Waals surface area contributed by atoms with E-state index in [1.165, 1.54) is 19.4 Å². The van der Waals surface area contributed by atoms with Crippen molar-refractivity contribution >= 4 is 11.6 Å². The second-order valence-electron chi connectivity index (χ2n) is 3.98. The molecule has 0 fully saturated rings. The van der Waals surface area contributed by atoms with Crippen LogP contribution in [0, 0.1) is 12.7 Å². The minimum Gasteiger partial charge on any atom is -0.481 e. The third kappa shape index (κ3) is 2.88. The summed E-state index contributed by atoms with van der Waals surface area (Å²) in [5, 5.41) is 2.58. The number of benzene rings is 1. The molecular weight excluding hydrogens is 247 g/mol. The van der Waals surface area contributed by atoms with Crippen LogP contribution in [0.5, 0.6) is 5.88 Å². The molecule has 0 radical (unpaired) electrons. The van der Waals surface area contributed by atoms with Gasteiger partial charge >= 0.3 is 0 Å². The van der Waals surface area contributed by atoms with Gasteiger partial charge in [0.25, 0.3) is 5.91 Å². The Morgan fingerprint density at radius 2 is 2.11 bits per heavy atom. The van der Waals surface area contributed by atoms with Gasteiger partial charge in [-0.25, -0.2) is 9.37 Å². The van der Waals surface area contributed by atoms with Crippen molar-refractivity contribution in [2.24, 2.45) is 0 Å². The number of rotatable bonds is 3. The molecule has 0 unspecified atom stereocenters. The third-order valence-electron chi connectivity index (χ3n) is 2.64. The molecule has 1 aromatic heterocycles. The highest BCUT2D eigenvalue weighted by atomic mass is 19.1. The lowest BCUT2D eigenvalue weighted by Crippen LogP contribution is -2.14. The summed E-state index contributed by atoms with van der Waals surface area (Å²) < 4.78 is 18.7. The molecular formula is C14H13FN2O2. The van der Waals surface area contributed by atoms with Gasteiger partial charge in [-0.05, 0) is 24.6 Å². The first-order valence-electron chi connectivity index (χ1n) is 5.68. The molecule has 4 nitrogen and oxygen atoms in total. The molecule has 0 spiro atoms. The molecule has 0 aliphatic carbocycles. The number of nitrogens with one attached hydrogen (secondary N) is 1. The number of hydrogen-bond acceptors (Lipinski definition) is 3. The van der Waals surface area contributed by atoms with E-state index in [9.17, 15) is 9.18 Å². The van der Waals surface area contributed by atoms with Gasteiger partial charge in [-0.2, -0.15) is 0 Å². The Morgan fingerprint density at radius 3 is 2.74 bits per heavy atom. The van der Waals surface area contributed by atoms with Gasteiger partial charge in [-0.15, -0.1) is 0 Å². The number of hydrogen-bond donors (Lipinski definition) is 1. The second-order valence-corrected chi connectivity index (χ2v) is 3.98. The summed E-state index contributed by atoms with van der Waals surface area (Å²) in [5.74, 6) is -0.575. The van der Waals surface area contributed by atoms with Crippen LogP contribution in [0.3, 0.4) is 0 Å². The van der Waals surface area contributed by atoms with Crippen molar-refractivity contribution in [3.8, 4) is 5.88 Å². The fourth-order valence-electron chi connectivity index (χ4n) is 1.60. The highest BCUT2D eigenvalue weighted by molar-refractivity contribution is 6.04. The van der Waals surface area contributed by atoms with Crippen molar-refractivity contribution in [3.63, 3.8) is 0 Å². The van der Waals surface area contributed by atoms with Crippen LogP contribution in [0.4, 0.5) is 10.1 Å². The van der Waals surface area contributed by atoms with Gasteiger partial charge in [0, 0.05) is 6.07 Å². The second kappa shape index (κ2) is 5.48. The zero-order valence-corrected chi connectivity index (χ0v) is 10.6. The minimum atomic E-state index is -0.513. The minimum absolute atomic E-state index is 0.0100. The van der Waals surface area contributed by atoms with Crippen LogP contribution in [0.1, 0.15) is 15.9 Å². The fourth-order valence-corrected chi connectivity index (χ4v) is 1.60. The number of nitrogens with zero attached hydrogens (tertiary/aromatic N) is 1. The number of amides is 1. The number of anilines is 1. The van der Waals surface area contributed by atoms with E-state index in [2.05, 4.69) is 10.3 Å². The summed E-state index contributed by atoms with van der Waals surface area (Å²) in [7, 11) is 1.50. The number of carbonyl (C=O) groups excluding carboxylic acids is 1. The average molecular weight is 260 g/mol. The molecule has 2 aromatic rings. The third-order valence-corrected chi connectivity index (χ3v) is 2.64. The SMILES string of the molecule is COc1ccc(NC(=O)c2cccc(C)c2F)cn1. The molecule has 98 valence electrons.